The van der Waals surface area contributed by atoms with Crippen molar-refractivity contribution in [3.63, 3.8) is 0 Å². The fourth-order valence-corrected chi connectivity index (χ4v) is 2.43. The van der Waals surface area contributed by atoms with Crippen LogP contribution in [0.2, 0.25) is 0 Å². The molecule has 0 fully saturated rings. The lowest BCUT2D eigenvalue weighted by molar-refractivity contribution is -0.157. The van der Waals surface area contributed by atoms with E-state index in [9.17, 15) is 18.8 Å². The number of amides is 2. The third kappa shape index (κ3) is 4.31. The van der Waals surface area contributed by atoms with Crippen LogP contribution in [0.15, 0.2) is 18.2 Å². The summed E-state index contributed by atoms with van der Waals surface area (Å²) in [4.78, 5) is 36.1. The van der Waals surface area contributed by atoms with Crippen LogP contribution < -0.4 is 10.6 Å². The molecule has 0 unspecified atom stereocenters. The molecule has 1 aromatic rings. The molecule has 130 valence electrons. The van der Waals surface area contributed by atoms with Gasteiger partial charge in [0.25, 0.3) is 5.91 Å². The van der Waals surface area contributed by atoms with Crippen molar-refractivity contribution in [1.82, 2.24) is 5.32 Å². The molecule has 0 aliphatic carbocycles. The molecule has 2 N–H and O–H groups in total. The number of halogens is 1. The summed E-state index contributed by atoms with van der Waals surface area (Å²) in [7, 11) is 0. The molecule has 0 saturated carbocycles. The number of carbonyl (C=O) groups is 3. The van der Waals surface area contributed by atoms with Gasteiger partial charge in [-0.25, -0.2) is 4.39 Å². The van der Waals surface area contributed by atoms with Crippen LogP contribution in [-0.2, 0) is 19.1 Å². The van der Waals surface area contributed by atoms with Gasteiger partial charge in [0.2, 0.25) is 5.91 Å². The molecule has 24 heavy (non-hydrogen) atoms. The van der Waals surface area contributed by atoms with E-state index in [1.54, 1.807) is 0 Å². The van der Waals surface area contributed by atoms with Crippen LogP contribution in [0.4, 0.5) is 10.1 Å². The van der Waals surface area contributed by atoms with E-state index in [0.29, 0.717) is 5.56 Å². The van der Waals surface area contributed by atoms with Gasteiger partial charge in [0.15, 0.2) is 6.10 Å². The van der Waals surface area contributed by atoms with E-state index in [0.717, 1.165) is 6.07 Å². The number of ether oxygens (including phenoxy) is 1. The van der Waals surface area contributed by atoms with E-state index < -0.39 is 41.2 Å². The first-order valence-electron chi connectivity index (χ1n) is 7.68. The molecule has 1 aliphatic rings. The molecule has 0 bridgehead atoms. The Morgan fingerprint density at radius 1 is 1.38 bits per heavy atom. The molecule has 0 aromatic heterocycles. The molecule has 1 aromatic carbocycles. The maximum Gasteiger partial charge on any atom is 0.314 e. The first-order chi connectivity index (χ1) is 11.1. The average Bonchev–Trinajstić information content (AvgIpc) is 2.43. The molecule has 2 amide bonds. The Morgan fingerprint density at radius 2 is 2.04 bits per heavy atom. The predicted molar refractivity (Wildman–Crippen MR) is 85.8 cm³/mol. The first kappa shape index (κ1) is 17.9. The molecule has 6 nitrogen and oxygen atoms in total. The summed E-state index contributed by atoms with van der Waals surface area (Å²) in [5.41, 5.74) is 0.275. The molecule has 0 radical (unpaired) electrons. The minimum absolute atomic E-state index is 0.106. The SMILES string of the molecule is C[C@H](OC(=O)[C@@H]1CC(=O)Nc2cc(F)ccc21)C(=O)NC(C)(C)C. The Kier molecular flexibility index (Phi) is 4.91. The highest BCUT2D eigenvalue weighted by atomic mass is 19.1. The molecular weight excluding hydrogens is 315 g/mol. The fraction of sp³-hybridized carbons (Fsp3) is 0.471. The van der Waals surface area contributed by atoms with Crippen molar-refractivity contribution in [2.45, 2.75) is 51.7 Å². The van der Waals surface area contributed by atoms with Crippen molar-refractivity contribution >= 4 is 23.5 Å². The minimum atomic E-state index is -0.995. The summed E-state index contributed by atoms with van der Waals surface area (Å²) in [6, 6.07) is 3.81. The molecular formula is C17H21FN2O4. The Bertz CT molecular complexity index is 682. The molecule has 2 atom stereocenters. The zero-order valence-corrected chi connectivity index (χ0v) is 14.1. The van der Waals surface area contributed by atoms with Crippen LogP contribution in [0.3, 0.4) is 0 Å². The normalized spacial score (nSPS) is 18.2. The van der Waals surface area contributed by atoms with Crippen LogP contribution in [0, 0.1) is 5.82 Å². The van der Waals surface area contributed by atoms with Crippen molar-refractivity contribution < 1.29 is 23.5 Å². The zero-order chi connectivity index (χ0) is 18.1. The number of fused-ring (bicyclic) bond motifs is 1. The number of hydrogen-bond acceptors (Lipinski definition) is 4. The number of hydrogen-bond donors (Lipinski definition) is 2. The van der Waals surface area contributed by atoms with Crippen LogP contribution in [0.25, 0.3) is 0 Å². The fourth-order valence-electron chi connectivity index (χ4n) is 2.43. The number of nitrogens with one attached hydrogen (secondary N) is 2. The van der Waals surface area contributed by atoms with Gasteiger partial charge in [0.1, 0.15) is 5.82 Å². The summed E-state index contributed by atoms with van der Waals surface area (Å²) in [6.07, 6.45) is -1.10. The van der Waals surface area contributed by atoms with Crippen molar-refractivity contribution in [3.05, 3.63) is 29.6 Å². The monoisotopic (exact) mass is 336 g/mol. The Morgan fingerprint density at radius 3 is 2.67 bits per heavy atom. The molecule has 7 heteroatoms. The second-order valence-corrected chi connectivity index (χ2v) is 6.85. The number of benzene rings is 1. The summed E-state index contributed by atoms with van der Waals surface area (Å²) in [5.74, 6) is -2.88. The summed E-state index contributed by atoms with van der Waals surface area (Å²) >= 11 is 0. The maximum absolute atomic E-state index is 13.3. The third-order valence-electron chi connectivity index (χ3n) is 3.50. The summed E-state index contributed by atoms with van der Waals surface area (Å²) in [6.45, 7) is 6.91. The minimum Gasteiger partial charge on any atom is -0.452 e. The maximum atomic E-state index is 13.3. The lowest BCUT2D eigenvalue weighted by Crippen LogP contribution is -2.46. The highest BCUT2D eigenvalue weighted by Gasteiger charge is 2.34. The average molecular weight is 336 g/mol. The van der Waals surface area contributed by atoms with Gasteiger partial charge in [0, 0.05) is 17.6 Å². The highest BCUT2D eigenvalue weighted by molar-refractivity contribution is 6.00. The number of esters is 1. The second-order valence-electron chi connectivity index (χ2n) is 6.85. The van der Waals surface area contributed by atoms with Crippen LogP contribution in [0.1, 0.15) is 45.6 Å². The zero-order valence-electron chi connectivity index (χ0n) is 14.1. The topological polar surface area (TPSA) is 84.5 Å². The number of rotatable bonds is 3. The van der Waals surface area contributed by atoms with Crippen LogP contribution in [-0.4, -0.2) is 29.4 Å². The lowest BCUT2D eigenvalue weighted by atomic mass is 9.90. The van der Waals surface area contributed by atoms with Gasteiger partial charge in [-0.15, -0.1) is 0 Å². The Labute approximate surface area is 139 Å². The quantitative estimate of drug-likeness (QED) is 0.828. The van der Waals surface area contributed by atoms with Gasteiger partial charge in [-0.05, 0) is 45.4 Å². The smallest absolute Gasteiger partial charge is 0.314 e. The van der Waals surface area contributed by atoms with Gasteiger partial charge in [-0.2, -0.15) is 0 Å². The molecule has 1 aliphatic heterocycles. The van der Waals surface area contributed by atoms with E-state index in [4.69, 9.17) is 4.74 Å². The van der Waals surface area contributed by atoms with E-state index in [-0.39, 0.29) is 12.1 Å². The predicted octanol–water partition coefficient (Wildman–Crippen LogP) is 2.10. The largest absolute Gasteiger partial charge is 0.452 e. The van der Waals surface area contributed by atoms with Gasteiger partial charge < -0.3 is 15.4 Å². The van der Waals surface area contributed by atoms with Gasteiger partial charge >= 0.3 is 5.97 Å². The van der Waals surface area contributed by atoms with E-state index >= 15 is 0 Å². The first-order valence-corrected chi connectivity index (χ1v) is 7.68. The standard InChI is InChI=1S/C17H21FN2O4/c1-9(15(22)20-17(2,3)4)24-16(23)12-8-14(21)19-13-7-10(18)5-6-11(12)13/h5-7,9,12H,8H2,1-4H3,(H,19,21)(H,20,22)/t9-,12+/m0/s1. The van der Waals surface area contributed by atoms with Gasteiger partial charge in [-0.3, -0.25) is 14.4 Å². The van der Waals surface area contributed by atoms with Crippen molar-refractivity contribution in [2.75, 3.05) is 5.32 Å². The van der Waals surface area contributed by atoms with Crippen LogP contribution in [0.5, 0.6) is 0 Å². The summed E-state index contributed by atoms with van der Waals surface area (Å²) in [5, 5.41) is 5.24. The summed E-state index contributed by atoms with van der Waals surface area (Å²) < 4.78 is 18.5. The van der Waals surface area contributed by atoms with Gasteiger partial charge in [0.05, 0.1) is 5.92 Å². The third-order valence-corrected chi connectivity index (χ3v) is 3.50. The molecule has 2 rings (SSSR count). The highest BCUT2D eigenvalue weighted by Crippen LogP contribution is 2.33. The van der Waals surface area contributed by atoms with E-state index in [2.05, 4.69) is 10.6 Å². The Hall–Kier alpha value is -2.44. The number of carbonyl (C=O) groups excluding carboxylic acids is 3. The number of anilines is 1. The van der Waals surface area contributed by atoms with Gasteiger partial charge in [-0.1, -0.05) is 6.07 Å². The van der Waals surface area contributed by atoms with Crippen molar-refractivity contribution in [2.24, 2.45) is 0 Å². The molecule has 1 heterocycles. The van der Waals surface area contributed by atoms with E-state index in [1.165, 1.54) is 19.1 Å². The van der Waals surface area contributed by atoms with Crippen molar-refractivity contribution in [3.8, 4) is 0 Å². The van der Waals surface area contributed by atoms with E-state index in [1.807, 2.05) is 20.8 Å². The Balaban J connectivity index is 2.13. The second kappa shape index (κ2) is 6.59. The molecule has 0 spiro atoms. The van der Waals surface area contributed by atoms with Crippen LogP contribution >= 0.6 is 0 Å². The lowest BCUT2D eigenvalue weighted by Gasteiger charge is -2.27. The van der Waals surface area contributed by atoms with Crippen molar-refractivity contribution in [1.29, 1.82) is 0 Å². The molecule has 0 saturated heterocycles.